The molecule has 3 nitrogen and oxygen atoms in total. The first-order valence-electron chi connectivity index (χ1n) is 5.95. The molecule has 0 unspecified atom stereocenters. The van der Waals surface area contributed by atoms with Crippen LogP contribution in [0.2, 0.25) is 0 Å². The van der Waals surface area contributed by atoms with Crippen LogP contribution in [0, 0.1) is 5.82 Å². The van der Waals surface area contributed by atoms with Crippen molar-refractivity contribution < 1.29 is 9.13 Å². The lowest BCUT2D eigenvalue weighted by Crippen LogP contribution is -1.98. The predicted octanol–water partition coefficient (Wildman–Crippen LogP) is 4.45. The van der Waals surface area contributed by atoms with Crippen LogP contribution in [0.3, 0.4) is 0 Å². The van der Waals surface area contributed by atoms with Crippen LogP contribution in [0.4, 0.5) is 9.52 Å². The molecule has 1 aromatic heterocycles. The second-order valence-corrected chi connectivity index (χ2v) is 5.95. The lowest BCUT2D eigenvalue weighted by molar-refractivity contribution is 0.293. The summed E-state index contributed by atoms with van der Waals surface area (Å²) >= 11 is 4.73. The summed E-state index contributed by atoms with van der Waals surface area (Å²) in [5, 5.41) is 4.08. The monoisotopic (exact) mass is 344 g/mol. The van der Waals surface area contributed by atoms with Crippen molar-refractivity contribution in [3.8, 4) is 5.75 Å². The molecule has 102 valence electrons. The van der Waals surface area contributed by atoms with Gasteiger partial charge in [0.15, 0.2) is 16.7 Å². The molecule has 0 fully saturated rings. The van der Waals surface area contributed by atoms with Crippen LogP contribution in [0.25, 0.3) is 0 Å². The topological polar surface area (TPSA) is 34.2 Å². The van der Waals surface area contributed by atoms with Gasteiger partial charge in [-0.2, -0.15) is 0 Å². The Morgan fingerprint density at radius 3 is 3.05 bits per heavy atom. The summed E-state index contributed by atoms with van der Waals surface area (Å²) < 4.78 is 19.7. The molecule has 6 heteroatoms. The van der Waals surface area contributed by atoms with Crippen LogP contribution in [0.15, 0.2) is 28.9 Å². The van der Waals surface area contributed by atoms with Crippen LogP contribution >= 0.6 is 27.3 Å². The minimum absolute atomic E-state index is 0.250. The lowest BCUT2D eigenvalue weighted by Gasteiger charge is -2.05. The van der Waals surface area contributed by atoms with Gasteiger partial charge in [0.05, 0.1) is 4.88 Å². The maximum Gasteiger partial charge on any atom is 0.182 e. The molecular weight excluding hydrogens is 331 g/mol. The van der Waals surface area contributed by atoms with E-state index in [0.717, 1.165) is 23.0 Å². The predicted molar refractivity (Wildman–Crippen MR) is 79.3 cm³/mol. The highest BCUT2D eigenvalue weighted by Crippen LogP contribution is 2.24. The van der Waals surface area contributed by atoms with E-state index in [1.165, 1.54) is 17.4 Å². The van der Waals surface area contributed by atoms with Crippen molar-refractivity contribution in [2.45, 2.75) is 20.0 Å². The zero-order valence-electron chi connectivity index (χ0n) is 10.5. The number of anilines is 1. The third kappa shape index (κ3) is 4.18. The largest absolute Gasteiger partial charge is 0.485 e. The Morgan fingerprint density at radius 1 is 1.47 bits per heavy atom. The molecule has 0 spiro atoms. The summed E-state index contributed by atoms with van der Waals surface area (Å²) in [7, 11) is 0. The highest BCUT2D eigenvalue weighted by atomic mass is 79.9. The summed E-state index contributed by atoms with van der Waals surface area (Å²) in [6.45, 7) is 3.32. The maximum absolute atomic E-state index is 13.5. The SMILES string of the molecule is CCCNc1ncc(COc2ccc(Br)cc2F)s1. The molecule has 0 saturated heterocycles. The van der Waals surface area contributed by atoms with Gasteiger partial charge in [-0.05, 0) is 24.6 Å². The summed E-state index contributed by atoms with van der Waals surface area (Å²) in [4.78, 5) is 5.19. The van der Waals surface area contributed by atoms with Gasteiger partial charge in [0.25, 0.3) is 0 Å². The molecule has 0 aliphatic carbocycles. The van der Waals surface area contributed by atoms with Crippen molar-refractivity contribution in [3.63, 3.8) is 0 Å². The van der Waals surface area contributed by atoms with Gasteiger partial charge in [0.1, 0.15) is 6.61 Å². The summed E-state index contributed by atoms with van der Waals surface area (Å²) in [5.74, 6) is -0.122. The molecule has 2 rings (SSSR count). The first-order chi connectivity index (χ1) is 9.19. The van der Waals surface area contributed by atoms with E-state index >= 15 is 0 Å². The highest BCUT2D eigenvalue weighted by molar-refractivity contribution is 9.10. The Hall–Kier alpha value is -1.14. The zero-order chi connectivity index (χ0) is 13.7. The van der Waals surface area contributed by atoms with E-state index in [9.17, 15) is 4.39 Å². The van der Waals surface area contributed by atoms with Crippen LogP contribution < -0.4 is 10.1 Å². The molecule has 1 heterocycles. The Bertz CT molecular complexity index is 547. The first-order valence-corrected chi connectivity index (χ1v) is 7.56. The van der Waals surface area contributed by atoms with E-state index in [-0.39, 0.29) is 11.6 Å². The summed E-state index contributed by atoms with van der Waals surface area (Å²) in [5.41, 5.74) is 0. The van der Waals surface area contributed by atoms with E-state index in [0.29, 0.717) is 11.1 Å². The van der Waals surface area contributed by atoms with Gasteiger partial charge in [-0.25, -0.2) is 9.37 Å². The normalized spacial score (nSPS) is 10.5. The van der Waals surface area contributed by atoms with E-state index in [1.54, 1.807) is 18.3 Å². The Labute approximate surface area is 124 Å². The molecule has 2 aromatic rings. The quantitative estimate of drug-likeness (QED) is 0.840. The van der Waals surface area contributed by atoms with Gasteiger partial charge in [0, 0.05) is 17.2 Å². The summed E-state index contributed by atoms with van der Waals surface area (Å²) in [6.07, 6.45) is 2.80. The molecular formula is C13H14BrFN2OS. The summed E-state index contributed by atoms with van der Waals surface area (Å²) in [6, 6.07) is 4.74. The number of aromatic nitrogens is 1. The van der Waals surface area contributed by atoms with Crippen molar-refractivity contribution in [3.05, 3.63) is 39.6 Å². The molecule has 0 radical (unpaired) electrons. The molecule has 0 saturated carbocycles. The second kappa shape index (κ2) is 6.86. The number of hydrogen-bond donors (Lipinski definition) is 1. The number of ether oxygens (including phenoxy) is 1. The maximum atomic E-state index is 13.5. The van der Waals surface area contributed by atoms with Crippen LogP contribution in [0.1, 0.15) is 18.2 Å². The zero-order valence-corrected chi connectivity index (χ0v) is 12.9. The second-order valence-electron chi connectivity index (χ2n) is 3.92. The minimum Gasteiger partial charge on any atom is -0.485 e. The molecule has 0 bridgehead atoms. The Kier molecular flexibility index (Phi) is 5.15. The van der Waals surface area contributed by atoms with E-state index in [1.807, 2.05) is 0 Å². The molecule has 0 aliphatic rings. The van der Waals surface area contributed by atoms with Gasteiger partial charge in [-0.3, -0.25) is 0 Å². The van der Waals surface area contributed by atoms with E-state index in [2.05, 4.69) is 33.2 Å². The van der Waals surface area contributed by atoms with Crippen molar-refractivity contribution in [1.82, 2.24) is 4.98 Å². The number of halogens is 2. The molecule has 1 aromatic carbocycles. The molecule has 19 heavy (non-hydrogen) atoms. The van der Waals surface area contributed by atoms with Crippen LogP contribution in [-0.2, 0) is 6.61 Å². The number of nitrogens with one attached hydrogen (secondary N) is 1. The smallest absolute Gasteiger partial charge is 0.182 e. The molecule has 0 amide bonds. The van der Waals surface area contributed by atoms with E-state index in [4.69, 9.17) is 4.74 Å². The Balaban J connectivity index is 1.92. The Morgan fingerprint density at radius 2 is 2.32 bits per heavy atom. The molecule has 0 aliphatic heterocycles. The van der Waals surface area contributed by atoms with Gasteiger partial charge < -0.3 is 10.1 Å². The lowest BCUT2D eigenvalue weighted by atomic mass is 10.3. The fourth-order valence-corrected chi connectivity index (χ4v) is 2.51. The molecule has 1 N–H and O–H groups in total. The highest BCUT2D eigenvalue weighted by Gasteiger charge is 2.06. The van der Waals surface area contributed by atoms with Crippen molar-refractivity contribution in [1.29, 1.82) is 0 Å². The van der Waals surface area contributed by atoms with Gasteiger partial charge in [-0.1, -0.05) is 34.2 Å². The average Bonchev–Trinajstić information content (AvgIpc) is 2.83. The molecule has 0 atom stereocenters. The van der Waals surface area contributed by atoms with Crippen LogP contribution in [-0.4, -0.2) is 11.5 Å². The number of hydrogen-bond acceptors (Lipinski definition) is 4. The van der Waals surface area contributed by atoms with Gasteiger partial charge in [-0.15, -0.1) is 0 Å². The third-order valence-electron chi connectivity index (χ3n) is 2.34. The fourth-order valence-electron chi connectivity index (χ4n) is 1.43. The van der Waals surface area contributed by atoms with Crippen molar-refractivity contribution in [2.75, 3.05) is 11.9 Å². The van der Waals surface area contributed by atoms with Gasteiger partial charge in [0.2, 0.25) is 0 Å². The average molecular weight is 345 g/mol. The standard InChI is InChI=1S/C13H14BrFN2OS/c1-2-5-16-13-17-7-10(19-13)8-18-12-4-3-9(14)6-11(12)15/h3-4,6-7H,2,5,8H2,1H3,(H,16,17). The van der Waals surface area contributed by atoms with Crippen molar-refractivity contribution in [2.24, 2.45) is 0 Å². The van der Waals surface area contributed by atoms with E-state index < -0.39 is 0 Å². The van der Waals surface area contributed by atoms with Crippen LogP contribution in [0.5, 0.6) is 5.75 Å². The van der Waals surface area contributed by atoms with Gasteiger partial charge >= 0.3 is 0 Å². The number of rotatable bonds is 6. The first kappa shape index (κ1) is 14.3. The fraction of sp³-hybridized carbons (Fsp3) is 0.308. The number of nitrogens with zero attached hydrogens (tertiary/aromatic N) is 1. The number of thiazole rings is 1. The van der Waals surface area contributed by atoms with Crippen molar-refractivity contribution >= 4 is 32.4 Å². The minimum atomic E-state index is -0.372. The third-order valence-corrected chi connectivity index (χ3v) is 3.77. The number of benzene rings is 1.